The first-order chi connectivity index (χ1) is 11.3. The summed E-state index contributed by atoms with van der Waals surface area (Å²) in [6.45, 7) is 4.83. The summed E-state index contributed by atoms with van der Waals surface area (Å²) >= 11 is 0. The normalized spacial score (nSPS) is 46.9. The van der Waals surface area contributed by atoms with Gasteiger partial charge in [0.05, 0.1) is 0 Å². The molecule has 0 amide bonds. The zero-order valence-corrected chi connectivity index (χ0v) is 15.0. The molecule has 132 valence electrons. The SMILES string of the molecule is CN=C(N)NC1CCC2(C)CCC3CC4=C(C(=O)O)CCC42C31C. The number of nitrogens with two attached hydrogens (primary N) is 1. The Morgan fingerprint density at radius 3 is 2.67 bits per heavy atom. The highest BCUT2D eigenvalue weighted by Crippen LogP contribution is 2.80. The maximum atomic E-state index is 11.9. The highest BCUT2D eigenvalue weighted by atomic mass is 16.4. The molecule has 5 heteroatoms. The number of nitrogens with zero attached hydrogens (tertiary/aromatic N) is 1. The first-order valence-electron chi connectivity index (χ1n) is 9.25. The van der Waals surface area contributed by atoms with Gasteiger partial charge >= 0.3 is 5.97 Å². The number of carbonyl (C=O) groups is 1. The monoisotopic (exact) mass is 331 g/mol. The van der Waals surface area contributed by atoms with Crippen molar-refractivity contribution in [2.45, 2.75) is 64.8 Å². The van der Waals surface area contributed by atoms with Gasteiger partial charge < -0.3 is 16.2 Å². The van der Waals surface area contributed by atoms with Crippen molar-refractivity contribution in [2.75, 3.05) is 7.05 Å². The number of nitrogens with one attached hydrogen (secondary N) is 1. The molecular formula is C19H29N3O2. The highest BCUT2D eigenvalue weighted by Gasteiger charge is 2.74. The summed E-state index contributed by atoms with van der Waals surface area (Å²) in [6.07, 6.45) is 7.36. The van der Waals surface area contributed by atoms with Crippen LogP contribution in [0.4, 0.5) is 0 Å². The second-order valence-electron chi connectivity index (χ2n) is 8.80. The molecule has 24 heavy (non-hydrogen) atoms. The lowest BCUT2D eigenvalue weighted by Crippen LogP contribution is -2.66. The fraction of sp³-hybridized carbons (Fsp3) is 0.789. The van der Waals surface area contributed by atoms with Crippen molar-refractivity contribution in [1.82, 2.24) is 5.32 Å². The van der Waals surface area contributed by atoms with E-state index in [-0.39, 0.29) is 22.3 Å². The number of carboxylic acid groups (broad SMARTS) is 1. The van der Waals surface area contributed by atoms with Gasteiger partial charge in [0.1, 0.15) is 0 Å². The third-order valence-corrected chi connectivity index (χ3v) is 8.45. The molecule has 5 unspecified atom stereocenters. The zero-order valence-electron chi connectivity index (χ0n) is 15.0. The molecule has 0 heterocycles. The van der Waals surface area contributed by atoms with Gasteiger partial charge in [-0.3, -0.25) is 4.99 Å². The molecule has 0 aliphatic heterocycles. The maximum Gasteiger partial charge on any atom is 0.331 e. The van der Waals surface area contributed by atoms with E-state index in [4.69, 9.17) is 5.73 Å². The number of carboxylic acids is 1. The summed E-state index contributed by atoms with van der Waals surface area (Å²) in [5, 5.41) is 13.2. The minimum absolute atomic E-state index is 0.0284. The van der Waals surface area contributed by atoms with E-state index in [0.717, 1.165) is 37.7 Å². The fourth-order valence-electron chi connectivity index (χ4n) is 7.38. The van der Waals surface area contributed by atoms with Crippen molar-refractivity contribution in [3.63, 3.8) is 0 Å². The third-order valence-electron chi connectivity index (χ3n) is 8.45. The second kappa shape index (κ2) is 4.77. The highest BCUT2D eigenvalue weighted by molar-refractivity contribution is 5.89. The minimum atomic E-state index is -0.696. The van der Waals surface area contributed by atoms with Gasteiger partial charge in [-0.05, 0) is 56.3 Å². The van der Waals surface area contributed by atoms with Crippen molar-refractivity contribution in [1.29, 1.82) is 0 Å². The molecule has 0 radical (unpaired) electrons. The van der Waals surface area contributed by atoms with Gasteiger partial charge in [0.25, 0.3) is 0 Å². The number of aliphatic imine (C=N–C) groups is 1. The van der Waals surface area contributed by atoms with E-state index in [0.29, 0.717) is 11.9 Å². The first kappa shape index (κ1) is 16.0. The third kappa shape index (κ3) is 1.56. The molecule has 4 aliphatic carbocycles. The molecular weight excluding hydrogens is 302 g/mol. The van der Waals surface area contributed by atoms with Crippen LogP contribution in [0.2, 0.25) is 0 Å². The molecule has 0 aromatic carbocycles. The Labute approximate surface area is 143 Å². The maximum absolute atomic E-state index is 11.9. The van der Waals surface area contributed by atoms with Gasteiger partial charge in [0.2, 0.25) is 0 Å². The summed E-state index contributed by atoms with van der Waals surface area (Å²) in [6, 6.07) is 0.283. The van der Waals surface area contributed by atoms with Gasteiger partial charge in [-0.25, -0.2) is 4.79 Å². The summed E-state index contributed by atoms with van der Waals surface area (Å²) in [5.41, 5.74) is 8.33. The van der Waals surface area contributed by atoms with E-state index in [9.17, 15) is 9.90 Å². The lowest BCUT2D eigenvalue weighted by Gasteiger charge is -2.66. The van der Waals surface area contributed by atoms with E-state index in [1.165, 1.54) is 18.4 Å². The fourth-order valence-corrected chi connectivity index (χ4v) is 7.38. The van der Waals surface area contributed by atoms with Crippen LogP contribution in [0.15, 0.2) is 16.1 Å². The average molecular weight is 331 g/mol. The van der Waals surface area contributed by atoms with Crippen LogP contribution in [0.1, 0.15) is 58.8 Å². The lowest BCUT2D eigenvalue weighted by atomic mass is 9.39. The van der Waals surface area contributed by atoms with Crippen LogP contribution < -0.4 is 11.1 Å². The molecule has 3 saturated carbocycles. The lowest BCUT2D eigenvalue weighted by molar-refractivity contribution is -0.143. The van der Waals surface area contributed by atoms with Crippen molar-refractivity contribution < 1.29 is 9.90 Å². The number of allylic oxidation sites excluding steroid dienone is 1. The van der Waals surface area contributed by atoms with Crippen molar-refractivity contribution in [2.24, 2.45) is 32.9 Å². The van der Waals surface area contributed by atoms with Gasteiger partial charge in [0, 0.05) is 29.5 Å². The molecule has 4 aliphatic rings. The van der Waals surface area contributed by atoms with E-state index in [1.807, 2.05) is 0 Å². The standard InChI is InChI=1S/C19H29N3O2/c1-17-7-4-11-10-13-12(15(23)24)5-9-19(13,17)18(11,2)14(6-8-17)22-16(20)21-3/h11,14H,4-10H2,1-3H3,(H,23,24)(H3,20,21,22). The van der Waals surface area contributed by atoms with Crippen LogP contribution in [0, 0.1) is 22.2 Å². The topological polar surface area (TPSA) is 87.7 Å². The summed E-state index contributed by atoms with van der Waals surface area (Å²) in [4.78, 5) is 16.0. The van der Waals surface area contributed by atoms with Gasteiger partial charge in [-0.15, -0.1) is 0 Å². The molecule has 0 aromatic heterocycles. The van der Waals surface area contributed by atoms with Gasteiger partial charge in [-0.1, -0.05) is 19.4 Å². The number of hydrogen-bond donors (Lipinski definition) is 3. The minimum Gasteiger partial charge on any atom is -0.478 e. The largest absolute Gasteiger partial charge is 0.478 e. The van der Waals surface area contributed by atoms with E-state index >= 15 is 0 Å². The molecule has 0 aromatic rings. The van der Waals surface area contributed by atoms with Crippen LogP contribution in [-0.2, 0) is 4.79 Å². The molecule has 3 fully saturated rings. The Bertz CT molecular complexity index is 670. The number of guanidine groups is 1. The Kier molecular flexibility index (Phi) is 3.17. The molecule has 5 nitrogen and oxygen atoms in total. The predicted molar refractivity (Wildman–Crippen MR) is 93.6 cm³/mol. The quantitative estimate of drug-likeness (QED) is 0.536. The van der Waals surface area contributed by atoms with Gasteiger partial charge in [0.15, 0.2) is 5.96 Å². The summed E-state index contributed by atoms with van der Waals surface area (Å²) in [7, 11) is 1.72. The average Bonchev–Trinajstić information content (AvgIpc) is 2.99. The van der Waals surface area contributed by atoms with E-state index in [1.54, 1.807) is 7.05 Å². The van der Waals surface area contributed by atoms with Crippen LogP contribution >= 0.6 is 0 Å². The Morgan fingerprint density at radius 2 is 2.00 bits per heavy atom. The number of hydrogen-bond acceptors (Lipinski definition) is 2. The van der Waals surface area contributed by atoms with Crippen LogP contribution in [0.25, 0.3) is 0 Å². The van der Waals surface area contributed by atoms with Crippen molar-refractivity contribution in [3.8, 4) is 0 Å². The molecule has 4 rings (SSSR count). The zero-order chi connectivity index (χ0) is 17.3. The Morgan fingerprint density at radius 1 is 1.29 bits per heavy atom. The predicted octanol–water partition coefficient (Wildman–Crippen LogP) is 2.67. The molecule has 0 saturated heterocycles. The van der Waals surface area contributed by atoms with E-state index in [2.05, 4.69) is 24.2 Å². The van der Waals surface area contributed by atoms with Crippen LogP contribution in [0.5, 0.6) is 0 Å². The van der Waals surface area contributed by atoms with Crippen molar-refractivity contribution in [3.05, 3.63) is 11.1 Å². The molecule has 4 N–H and O–H groups in total. The van der Waals surface area contributed by atoms with Crippen molar-refractivity contribution >= 4 is 11.9 Å². The first-order valence-corrected chi connectivity index (χ1v) is 9.25. The Hall–Kier alpha value is -1.52. The van der Waals surface area contributed by atoms with Crippen LogP contribution in [0.3, 0.4) is 0 Å². The van der Waals surface area contributed by atoms with Crippen LogP contribution in [-0.4, -0.2) is 30.1 Å². The number of rotatable bonds is 2. The summed E-state index contributed by atoms with van der Waals surface area (Å²) < 4.78 is 0. The molecule has 4 bridgehead atoms. The van der Waals surface area contributed by atoms with E-state index < -0.39 is 5.97 Å². The smallest absolute Gasteiger partial charge is 0.331 e. The van der Waals surface area contributed by atoms with Gasteiger partial charge in [-0.2, -0.15) is 0 Å². The second-order valence-corrected chi connectivity index (χ2v) is 8.80. The number of aliphatic carboxylic acids is 1. The summed E-state index contributed by atoms with van der Waals surface area (Å²) in [5.74, 6) is 0.365. The molecule has 1 spiro atoms. The molecule has 5 atom stereocenters. The Balaban J connectivity index is 1.89.